The zero-order valence-electron chi connectivity index (χ0n) is 14.6. The van der Waals surface area contributed by atoms with Crippen molar-refractivity contribution in [1.29, 1.82) is 0 Å². The first-order valence-electron chi connectivity index (χ1n) is 8.43. The van der Waals surface area contributed by atoms with Crippen LogP contribution in [0.15, 0.2) is 58.7 Å². The Labute approximate surface area is 152 Å². The van der Waals surface area contributed by atoms with E-state index >= 15 is 0 Å². The van der Waals surface area contributed by atoms with Crippen LogP contribution in [0.4, 0.5) is 16.2 Å². The highest BCUT2D eigenvalue weighted by atomic mass is 16.2. The van der Waals surface area contributed by atoms with Gasteiger partial charge in [0.1, 0.15) is 0 Å². The Balaban J connectivity index is 1.57. The Kier molecular flexibility index (Phi) is 5.17. The molecule has 7 heteroatoms. The molecule has 0 atom stereocenters. The number of rotatable bonds is 5. The summed E-state index contributed by atoms with van der Waals surface area (Å²) in [6.07, 6.45) is 2.53. The lowest BCUT2D eigenvalue weighted by Gasteiger charge is -2.09. The van der Waals surface area contributed by atoms with E-state index in [0.717, 1.165) is 11.3 Å². The average molecular weight is 350 g/mol. The van der Waals surface area contributed by atoms with Gasteiger partial charge in [-0.15, -0.1) is 5.10 Å². The van der Waals surface area contributed by atoms with Crippen LogP contribution < -0.4 is 22.1 Å². The molecule has 2 aromatic rings. The van der Waals surface area contributed by atoms with E-state index in [2.05, 4.69) is 33.0 Å². The first-order chi connectivity index (χ1) is 12.5. The van der Waals surface area contributed by atoms with Gasteiger partial charge in [0.25, 0.3) is 0 Å². The number of guanidine groups is 1. The molecule has 0 aromatic heterocycles. The number of benzene rings is 2. The van der Waals surface area contributed by atoms with Gasteiger partial charge in [-0.2, -0.15) is 5.10 Å². The summed E-state index contributed by atoms with van der Waals surface area (Å²) in [7, 11) is 0. The van der Waals surface area contributed by atoms with Crippen molar-refractivity contribution >= 4 is 29.1 Å². The molecule has 7 nitrogen and oxygen atoms in total. The highest BCUT2D eigenvalue weighted by Gasteiger charge is 2.22. The van der Waals surface area contributed by atoms with E-state index in [1.165, 1.54) is 18.4 Å². The van der Waals surface area contributed by atoms with E-state index in [-0.39, 0.29) is 12.0 Å². The third-order valence-electron chi connectivity index (χ3n) is 4.09. The first kappa shape index (κ1) is 17.5. The van der Waals surface area contributed by atoms with Crippen molar-refractivity contribution in [2.45, 2.75) is 25.7 Å². The van der Waals surface area contributed by atoms with Crippen LogP contribution in [0, 0.1) is 0 Å². The Hall–Kier alpha value is -3.35. The second-order valence-electron chi connectivity index (χ2n) is 6.26. The molecule has 0 heterocycles. The summed E-state index contributed by atoms with van der Waals surface area (Å²) >= 11 is 0. The number of nitrogens with one attached hydrogen (secondary N) is 2. The zero-order valence-corrected chi connectivity index (χ0v) is 14.6. The number of urea groups is 1. The maximum atomic E-state index is 12.1. The fraction of sp³-hybridized carbons (Fsp3) is 0.211. The molecule has 1 aliphatic carbocycles. The summed E-state index contributed by atoms with van der Waals surface area (Å²) in [5.74, 6) is 0.611. The summed E-state index contributed by atoms with van der Waals surface area (Å²) in [4.78, 5) is 12.1. The average Bonchev–Trinajstić information content (AvgIpc) is 3.46. The second-order valence-corrected chi connectivity index (χ2v) is 6.26. The van der Waals surface area contributed by atoms with Crippen molar-refractivity contribution in [3.05, 3.63) is 59.7 Å². The number of carbonyl (C=O) groups excluding carboxylic acids is 1. The molecule has 0 spiro atoms. The molecule has 1 aliphatic rings. The van der Waals surface area contributed by atoms with Gasteiger partial charge >= 0.3 is 6.03 Å². The van der Waals surface area contributed by atoms with Crippen LogP contribution >= 0.6 is 0 Å². The number of anilines is 2. The predicted octanol–water partition coefficient (Wildman–Crippen LogP) is 3.21. The maximum Gasteiger partial charge on any atom is 0.323 e. The van der Waals surface area contributed by atoms with E-state index < -0.39 is 0 Å². The van der Waals surface area contributed by atoms with Crippen molar-refractivity contribution in [1.82, 2.24) is 0 Å². The summed E-state index contributed by atoms with van der Waals surface area (Å²) in [6, 6.07) is 15.0. The number of nitrogens with zero attached hydrogens (tertiary/aromatic N) is 2. The van der Waals surface area contributed by atoms with Crippen LogP contribution in [-0.2, 0) is 0 Å². The van der Waals surface area contributed by atoms with Crippen LogP contribution in [-0.4, -0.2) is 17.7 Å². The molecule has 0 aliphatic heterocycles. The maximum absolute atomic E-state index is 12.1. The SMILES string of the molecule is C/C(=N\N=C(N)N)c1ccc(NC(=O)Nc2ccc(C3CC3)cc2)cc1. The minimum atomic E-state index is -0.289. The third-order valence-corrected chi connectivity index (χ3v) is 4.09. The zero-order chi connectivity index (χ0) is 18.5. The van der Waals surface area contributed by atoms with Crippen molar-refractivity contribution in [3.8, 4) is 0 Å². The van der Waals surface area contributed by atoms with E-state index in [4.69, 9.17) is 11.5 Å². The van der Waals surface area contributed by atoms with Gasteiger partial charge in [0.05, 0.1) is 5.71 Å². The van der Waals surface area contributed by atoms with Gasteiger partial charge in [0, 0.05) is 11.4 Å². The van der Waals surface area contributed by atoms with E-state index in [1.54, 1.807) is 19.1 Å². The van der Waals surface area contributed by atoms with Crippen molar-refractivity contribution < 1.29 is 4.79 Å². The molecule has 2 amide bonds. The minimum Gasteiger partial charge on any atom is -0.369 e. The Morgan fingerprint density at radius 2 is 1.46 bits per heavy atom. The van der Waals surface area contributed by atoms with E-state index in [1.807, 2.05) is 24.3 Å². The van der Waals surface area contributed by atoms with E-state index in [9.17, 15) is 4.79 Å². The first-order valence-corrected chi connectivity index (χ1v) is 8.43. The highest BCUT2D eigenvalue weighted by Crippen LogP contribution is 2.40. The number of amides is 2. The van der Waals surface area contributed by atoms with Gasteiger partial charge in [0.2, 0.25) is 5.96 Å². The van der Waals surface area contributed by atoms with Crippen molar-refractivity contribution in [2.24, 2.45) is 21.7 Å². The van der Waals surface area contributed by atoms with Crippen LogP contribution in [0.5, 0.6) is 0 Å². The fourth-order valence-corrected chi connectivity index (χ4v) is 2.53. The van der Waals surface area contributed by atoms with Gasteiger partial charge < -0.3 is 22.1 Å². The molecule has 3 rings (SSSR count). The number of nitrogens with two attached hydrogens (primary N) is 2. The summed E-state index contributed by atoms with van der Waals surface area (Å²) in [5, 5.41) is 13.2. The van der Waals surface area contributed by atoms with Crippen LogP contribution in [0.25, 0.3) is 0 Å². The van der Waals surface area contributed by atoms with Gasteiger partial charge in [0.15, 0.2) is 0 Å². The third kappa shape index (κ3) is 4.83. The van der Waals surface area contributed by atoms with E-state index in [0.29, 0.717) is 17.3 Å². The molecule has 0 bridgehead atoms. The summed E-state index contributed by atoms with van der Waals surface area (Å²) in [5.41, 5.74) is 14.8. The number of carbonyl (C=O) groups is 1. The Morgan fingerprint density at radius 3 is 1.96 bits per heavy atom. The number of hydrogen-bond donors (Lipinski definition) is 4. The highest BCUT2D eigenvalue weighted by molar-refractivity contribution is 6.01. The van der Waals surface area contributed by atoms with Gasteiger partial charge in [-0.1, -0.05) is 24.3 Å². The molecular weight excluding hydrogens is 328 g/mol. The molecule has 6 N–H and O–H groups in total. The lowest BCUT2D eigenvalue weighted by Crippen LogP contribution is -2.22. The molecule has 1 saturated carbocycles. The van der Waals surface area contributed by atoms with Crippen molar-refractivity contribution in [2.75, 3.05) is 10.6 Å². The fourth-order valence-electron chi connectivity index (χ4n) is 2.53. The molecule has 1 fully saturated rings. The van der Waals surface area contributed by atoms with Gasteiger partial charge in [-0.25, -0.2) is 4.79 Å². The Morgan fingerprint density at radius 1 is 0.923 bits per heavy atom. The molecule has 26 heavy (non-hydrogen) atoms. The van der Waals surface area contributed by atoms with Gasteiger partial charge in [-0.05, 0) is 61.1 Å². The molecule has 0 saturated heterocycles. The normalized spacial score (nSPS) is 13.8. The topological polar surface area (TPSA) is 118 Å². The molecule has 2 aromatic carbocycles. The van der Waals surface area contributed by atoms with Crippen LogP contribution in [0.1, 0.15) is 36.8 Å². The predicted molar refractivity (Wildman–Crippen MR) is 106 cm³/mol. The van der Waals surface area contributed by atoms with Gasteiger partial charge in [-0.3, -0.25) is 0 Å². The van der Waals surface area contributed by atoms with Crippen LogP contribution in [0.3, 0.4) is 0 Å². The quantitative estimate of drug-likeness (QED) is 0.377. The Bertz CT molecular complexity index is 831. The lowest BCUT2D eigenvalue weighted by molar-refractivity contribution is 0.262. The largest absolute Gasteiger partial charge is 0.369 e. The summed E-state index contributed by atoms with van der Waals surface area (Å²) in [6.45, 7) is 1.80. The van der Waals surface area contributed by atoms with Crippen LogP contribution in [0.2, 0.25) is 0 Å². The standard InChI is InChI=1S/C19H22N6O/c1-12(24-25-18(20)21)13-4-8-16(9-5-13)22-19(26)23-17-10-6-15(7-11-17)14-2-3-14/h4-11,14H,2-3H2,1H3,(H4,20,21,25)(H2,22,23,26)/b24-12+. The minimum absolute atomic E-state index is 0.0931. The molecule has 0 radical (unpaired) electrons. The molecular formula is C19H22N6O. The number of hydrogen-bond acceptors (Lipinski definition) is 3. The molecule has 0 unspecified atom stereocenters. The second kappa shape index (κ2) is 7.69. The lowest BCUT2D eigenvalue weighted by atomic mass is 10.1. The van der Waals surface area contributed by atoms with Crippen molar-refractivity contribution in [3.63, 3.8) is 0 Å². The smallest absolute Gasteiger partial charge is 0.323 e. The monoisotopic (exact) mass is 350 g/mol. The molecule has 134 valence electrons. The summed E-state index contributed by atoms with van der Waals surface area (Å²) < 4.78 is 0.